The Bertz CT molecular complexity index is 1480. The van der Waals surface area contributed by atoms with E-state index in [0.717, 1.165) is 11.3 Å². The molecule has 1 aliphatic rings. The smallest absolute Gasteiger partial charge is 0.192 e. The van der Waals surface area contributed by atoms with Gasteiger partial charge in [-0.15, -0.1) is 5.10 Å². The molecule has 4 aromatic rings. The Labute approximate surface area is 233 Å². The predicted octanol–water partition coefficient (Wildman–Crippen LogP) is 5.93. The number of halogens is 2. The van der Waals surface area contributed by atoms with Gasteiger partial charge in [-0.25, -0.2) is 13.6 Å². The largest absolute Gasteiger partial charge is 0.479 e. The highest BCUT2D eigenvalue weighted by Crippen LogP contribution is 2.39. The maximum Gasteiger partial charge on any atom is 0.192 e. The van der Waals surface area contributed by atoms with Gasteiger partial charge in [0.1, 0.15) is 22.8 Å². The van der Waals surface area contributed by atoms with Crippen LogP contribution < -0.4 is 4.74 Å². The molecule has 4 aromatic heterocycles. The summed E-state index contributed by atoms with van der Waals surface area (Å²) in [5, 5.41) is 23.4. The zero-order chi connectivity index (χ0) is 28.1. The Balaban J connectivity index is 1.53. The second kappa shape index (κ2) is 10.3. The molecule has 4 heterocycles. The molecule has 0 radical (unpaired) electrons. The first-order valence-electron chi connectivity index (χ1n) is 13.0. The summed E-state index contributed by atoms with van der Waals surface area (Å²) < 4.78 is 30.3. The zero-order valence-electron chi connectivity index (χ0n) is 23.0. The molecule has 0 unspecified atom stereocenters. The Hall–Kier alpha value is -2.86. The summed E-state index contributed by atoms with van der Waals surface area (Å²) in [5.74, 6) is 0.0431. The van der Waals surface area contributed by atoms with Crippen LogP contribution in [-0.2, 0) is 4.43 Å². The number of aromatic nitrogens is 6. The highest BCUT2D eigenvalue weighted by molar-refractivity contribution is 6.74. The molecule has 9 nitrogen and oxygen atoms in total. The summed E-state index contributed by atoms with van der Waals surface area (Å²) in [6, 6.07) is 4.96. The van der Waals surface area contributed by atoms with E-state index in [-0.39, 0.29) is 23.8 Å². The lowest BCUT2D eigenvalue weighted by molar-refractivity contribution is 0.0418. The van der Waals surface area contributed by atoms with Crippen LogP contribution in [0.2, 0.25) is 23.2 Å². The SMILES string of the molecule is Cc1c(-c2cc(O[C@H](CO[Si](C)(C)C(C)(C)C)c3ccc(F)cn3)c3c(Cl)cnn3c2)nnn1C1CC(O)C1. The minimum absolute atomic E-state index is 0.00441. The average Bonchev–Trinajstić information content (AvgIpc) is 3.41. The van der Waals surface area contributed by atoms with Crippen LogP contribution in [0.5, 0.6) is 5.75 Å². The van der Waals surface area contributed by atoms with Crippen molar-refractivity contribution in [1.29, 1.82) is 0 Å². The van der Waals surface area contributed by atoms with Crippen LogP contribution in [0.15, 0.2) is 36.8 Å². The number of hydrogen-bond donors (Lipinski definition) is 1. The van der Waals surface area contributed by atoms with E-state index >= 15 is 0 Å². The molecule has 1 atom stereocenters. The molecule has 12 heteroatoms. The van der Waals surface area contributed by atoms with Gasteiger partial charge in [0.25, 0.3) is 0 Å². The predicted molar refractivity (Wildman–Crippen MR) is 149 cm³/mol. The van der Waals surface area contributed by atoms with E-state index in [1.165, 1.54) is 12.3 Å². The highest BCUT2D eigenvalue weighted by Gasteiger charge is 2.38. The number of ether oxygens (including phenoxy) is 1. The van der Waals surface area contributed by atoms with Gasteiger partial charge in [0.05, 0.1) is 47.6 Å². The summed E-state index contributed by atoms with van der Waals surface area (Å²) >= 11 is 6.54. The first-order valence-corrected chi connectivity index (χ1v) is 16.3. The first kappa shape index (κ1) is 27.7. The Morgan fingerprint density at radius 3 is 2.62 bits per heavy atom. The lowest BCUT2D eigenvalue weighted by atomic mass is 9.89. The number of aliphatic hydroxyl groups is 1. The van der Waals surface area contributed by atoms with Crippen molar-refractivity contribution in [3.63, 3.8) is 0 Å². The summed E-state index contributed by atoms with van der Waals surface area (Å²) in [7, 11) is -2.13. The van der Waals surface area contributed by atoms with Gasteiger partial charge in [-0.1, -0.05) is 37.6 Å². The van der Waals surface area contributed by atoms with E-state index in [4.69, 9.17) is 20.8 Å². The number of pyridine rings is 2. The van der Waals surface area contributed by atoms with Crippen molar-refractivity contribution in [3.05, 3.63) is 59.0 Å². The van der Waals surface area contributed by atoms with Crippen molar-refractivity contribution >= 4 is 25.4 Å². The van der Waals surface area contributed by atoms with Crippen molar-refractivity contribution in [2.75, 3.05) is 6.61 Å². The third kappa shape index (κ3) is 5.45. The van der Waals surface area contributed by atoms with Gasteiger partial charge in [-0.3, -0.25) is 4.98 Å². The highest BCUT2D eigenvalue weighted by atomic mass is 35.5. The van der Waals surface area contributed by atoms with E-state index in [2.05, 4.69) is 54.3 Å². The van der Waals surface area contributed by atoms with Crippen molar-refractivity contribution in [2.24, 2.45) is 0 Å². The molecule has 39 heavy (non-hydrogen) atoms. The molecule has 0 aromatic carbocycles. The van der Waals surface area contributed by atoms with Crippen LogP contribution in [0.25, 0.3) is 16.8 Å². The summed E-state index contributed by atoms with van der Waals surface area (Å²) in [6.07, 6.45) is 4.97. The molecule has 1 N–H and O–H groups in total. The lowest BCUT2D eigenvalue weighted by Crippen LogP contribution is -2.42. The van der Waals surface area contributed by atoms with Crippen LogP contribution in [-0.4, -0.2) is 55.7 Å². The number of rotatable bonds is 8. The fourth-order valence-electron chi connectivity index (χ4n) is 4.39. The van der Waals surface area contributed by atoms with Gasteiger partial charge in [-0.2, -0.15) is 5.10 Å². The van der Waals surface area contributed by atoms with Crippen molar-refractivity contribution in [2.45, 2.75) is 76.9 Å². The van der Waals surface area contributed by atoms with Gasteiger partial charge in [-0.05, 0) is 56.1 Å². The van der Waals surface area contributed by atoms with Gasteiger partial charge in [0.15, 0.2) is 14.4 Å². The molecule has 0 bridgehead atoms. The molecule has 0 saturated heterocycles. The topological polar surface area (TPSA) is 99.6 Å². The van der Waals surface area contributed by atoms with Crippen LogP contribution >= 0.6 is 11.6 Å². The standard InChI is InChI=1S/C27H34ClFN6O3Si/c1-16-25(32-33-35(16)19-10-20(36)11-19)17-9-23(26-21(28)13-31-34(26)14-17)38-24(22-8-7-18(29)12-30-22)15-37-39(5,6)27(2,3)4/h7-9,12-14,19-20,24,36H,10-11,15H2,1-6H3/t19?,20?,24-/m1/s1. The fraction of sp³-hybridized carbons (Fsp3) is 0.481. The number of fused-ring (bicyclic) bond motifs is 1. The van der Waals surface area contributed by atoms with Crippen LogP contribution in [0.4, 0.5) is 4.39 Å². The monoisotopic (exact) mass is 572 g/mol. The Kier molecular flexibility index (Phi) is 7.29. The molecule has 1 fully saturated rings. The molecular weight excluding hydrogens is 539 g/mol. The van der Waals surface area contributed by atoms with Crippen molar-refractivity contribution < 1.29 is 18.7 Å². The van der Waals surface area contributed by atoms with Crippen molar-refractivity contribution in [3.8, 4) is 17.0 Å². The lowest BCUT2D eigenvalue weighted by Gasteiger charge is -2.37. The third-order valence-corrected chi connectivity index (χ3v) is 12.7. The van der Waals surface area contributed by atoms with E-state index in [1.54, 1.807) is 16.8 Å². The third-order valence-electron chi connectivity index (χ3n) is 7.92. The van der Waals surface area contributed by atoms with Crippen LogP contribution in [0, 0.1) is 12.7 Å². The van der Waals surface area contributed by atoms with E-state index in [0.29, 0.717) is 40.5 Å². The summed E-state index contributed by atoms with van der Waals surface area (Å²) in [6.45, 7) is 13.0. The first-order chi connectivity index (χ1) is 18.3. The normalized spacial score (nSPS) is 18.8. The molecule has 1 saturated carbocycles. The maximum atomic E-state index is 13.7. The van der Waals surface area contributed by atoms with Gasteiger partial charge in [0.2, 0.25) is 0 Å². The second-order valence-corrected chi connectivity index (χ2v) is 16.9. The molecule has 0 spiro atoms. The molecule has 208 valence electrons. The van der Waals surface area contributed by atoms with E-state index in [1.807, 2.05) is 23.9 Å². The van der Waals surface area contributed by atoms with Gasteiger partial charge < -0.3 is 14.3 Å². The van der Waals surface area contributed by atoms with Crippen LogP contribution in [0.3, 0.4) is 0 Å². The summed E-state index contributed by atoms with van der Waals surface area (Å²) in [5.41, 5.74) is 3.45. The molecular formula is C27H34ClFN6O3Si. The fourth-order valence-corrected chi connectivity index (χ4v) is 5.62. The van der Waals surface area contributed by atoms with Crippen LogP contribution in [0.1, 0.15) is 57.1 Å². The number of nitrogens with zero attached hydrogens (tertiary/aromatic N) is 6. The minimum atomic E-state index is -2.13. The molecule has 5 rings (SSSR count). The minimum Gasteiger partial charge on any atom is -0.479 e. The summed E-state index contributed by atoms with van der Waals surface area (Å²) in [4.78, 5) is 4.30. The quantitative estimate of drug-likeness (QED) is 0.261. The number of aliphatic hydroxyl groups excluding tert-OH is 1. The average molecular weight is 573 g/mol. The molecule has 0 amide bonds. The second-order valence-electron chi connectivity index (χ2n) is 11.7. The van der Waals surface area contributed by atoms with Gasteiger partial charge in [0, 0.05) is 11.8 Å². The molecule has 1 aliphatic carbocycles. The number of hydrogen-bond acceptors (Lipinski definition) is 7. The molecule has 0 aliphatic heterocycles. The Morgan fingerprint density at radius 2 is 1.97 bits per heavy atom. The van der Waals surface area contributed by atoms with Crippen molar-refractivity contribution in [1.82, 2.24) is 29.6 Å². The zero-order valence-corrected chi connectivity index (χ0v) is 24.8. The maximum absolute atomic E-state index is 13.7. The van der Waals surface area contributed by atoms with Gasteiger partial charge >= 0.3 is 0 Å². The Morgan fingerprint density at radius 1 is 1.23 bits per heavy atom. The van der Waals surface area contributed by atoms with E-state index < -0.39 is 20.2 Å². The van der Waals surface area contributed by atoms with E-state index in [9.17, 15) is 9.50 Å².